The van der Waals surface area contributed by atoms with E-state index >= 15 is 0 Å². The molecular formula is C10H21BrN2O2S. The highest BCUT2D eigenvalue weighted by Crippen LogP contribution is 2.13. The third-order valence-corrected chi connectivity index (χ3v) is 5.05. The summed E-state index contributed by atoms with van der Waals surface area (Å²) >= 11 is 3.35. The molecule has 0 radical (unpaired) electrons. The van der Waals surface area contributed by atoms with Crippen molar-refractivity contribution in [3.8, 4) is 0 Å². The second-order valence-electron chi connectivity index (χ2n) is 4.17. The third kappa shape index (κ3) is 4.31. The van der Waals surface area contributed by atoms with Crippen LogP contribution in [-0.2, 0) is 10.2 Å². The fourth-order valence-electron chi connectivity index (χ4n) is 1.87. The van der Waals surface area contributed by atoms with Crippen LogP contribution in [0.4, 0.5) is 0 Å². The summed E-state index contributed by atoms with van der Waals surface area (Å²) < 4.78 is 28.4. The first-order chi connectivity index (χ1) is 7.60. The zero-order valence-corrected chi connectivity index (χ0v) is 12.2. The standard InChI is InChI=1S/C10H21BrN2O2S/c1-2-10(6-7-11)12-16(14,15)13-8-4-3-5-9-13/h10,12H,2-9H2,1H3. The molecule has 0 aromatic rings. The lowest BCUT2D eigenvalue weighted by molar-refractivity contribution is 0.337. The van der Waals surface area contributed by atoms with E-state index in [1.807, 2.05) is 6.92 Å². The van der Waals surface area contributed by atoms with Gasteiger partial charge in [-0.3, -0.25) is 0 Å². The van der Waals surface area contributed by atoms with Crippen molar-refractivity contribution in [2.75, 3.05) is 18.4 Å². The molecule has 1 rings (SSSR count). The monoisotopic (exact) mass is 312 g/mol. The number of halogens is 1. The molecule has 6 heteroatoms. The van der Waals surface area contributed by atoms with Crippen molar-refractivity contribution in [3.63, 3.8) is 0 Å². The van der Waals surface area contributed by atoms with Crippen LogP contribution in [0.15, 0.2) is 0 Å². The molecule has 0 aromatic heterocycles. The number of hydrogen-bond acceptors (Lipinski definition) is 2. The average molecular weight is 313 g/mol. The van der Waals surface area contributed by atoms with E-state index in [1.165, 1.54) is 0 Å². The van der Waals surface area contributed by atoms with E-state index < -0.39 is 10.2 Å². The van der Waals surface area contributed by atoms with Gasteiger partial charge in [0.2, 0.25) is 0 Å². The average Bonchev–Trinajstić information content (AvgIpc) is 2.29. The van der Waals surface area contributed by atoms with E-state index in [0.717, 1.165) is 37.4 Å². The molecule has 1 aliphatic rings. The van der Waals surface area contributed by atoms with Crippen molar-refractivity contribution < 1.29 is 8.42 Å². The summed E-state index contributed by atoms with van der Waals surface area (Å²) in [5.74, 6) is 0. The molecule has 4 nitrogen and oxygen atoms in total. The predicted octanol–water partition coefficient (Wildman–Crippen LogP) is 1.87. The number of piperidine rings is 1. The summed E-state index contributed by atoms with van der Waals surface area (Å²) in [6.07, 6.45) is 4.78. The molecule has 1 fully saturated rings. The first-order valence-electron chi connectivity index (χ1n) is 5.93. The number of nitrogens with zero attached hydrogens (tertiary/aromatic N) is 1. The molecule has 1 aliphatic heterocycles. The molecule has 1 saturated heterocycles. The molecule has 1 heterocycles. The van der Waals surface area contributed by atoms with Gasteiger partial charge in [0.25, 0.3) is 10.2 Å². The maximum absolute atomic E-state index is 12.0. The highest BCUT2D eigenvalue weighted by Gasteiger charge is 2.25. The van der Waals surface area contributed by atoms with Crippen LogP contribution >= 0.6 is 15.9 Å². The molecule has 0 aliphatic carbocycles. The topological polar surface area (TPSA) is 49.4 Å². The minimum absolute atomic E-state index is 0.0475. The van der Waals surface area contributed by atoms with Gasteiger partial charge in [-0.25, -0.2) is 0 Å². The third-order valence-electron chi connectivity index (χ3n) is 2.92. The smallest absolute Gasteiger partial charge is 0.199 e. The van der Waals surface area contributed by atoms with E-state index in [0.29, 0.717) is 13.1 Å². The van der Waals surface area contributed by atoms with Crippen molar-refractivity contribution in [1.29, 1.82) is 0 Å². The summed E-state index contributed by atoms with van der Waals surface area (Å²) in [6, 6.07) is 0.0475. The van der Waals surface area contributed by atoms with Crippen molar-refractivity contribution in [3.05, 3.63) is 0 Å². The van der Waals surface area contributed by atoms with Crippen LogP contribution in [0.5, 0.6) is 0 Å². The Morgan fingerprint density at radius 2 is 1.94 bits per heavy atom. The molecule has 0 aromatic carbocycles. The van der Waals surface area contributed by atoms with E-state index in [4.69, 9.17) is 0 Å². The van der Waals surface area contributed by atoms with E-state index in [9.17, 15) is 8.42 Å². The molecule has 0 bridgehead atoms. The first kappa shape index (κ1) is 14.4. The second-order valence-corrected chi connectivity index (χ2v) is 6.66. The molecule has 1 atom stereocenters. The summed E-state index contributed by atoms with van der Waals surface area (Å²) in [5.41, 5.74) is 0. The molecule has 0 saturated carbocycles. The number of rotatable bonds is 6. The zero-order valence-electron chi connectivity index (χ0n) is 9.78. The summed E-state index contributed by atoms with van der Waals surface area (Å²) in [7, 11) is -3.25. The quantitative estimate of drug-likeness (QED) is 0.761. The first-order valence-corrected chi connectivity index (χ1v) is 8.49. The summed E-state index contributed by atoms with van der Waals surface area (Å²) in [5, 5.41) is 0.827. The minimum atomic E-state index is -3.25. The highest BCUT2D eigenvalue weighted by molar-refractivity contribution is 9.09. The van der Waals surface area contributed by atoms with Crippen LogP contribution in [-0.4, -0.2) is 37.2 Å². The van der Waals surface area contributed by atoms with Crippen LogP contribution in [0.2, 0.25) is 0 Å². The van der Waals surface area contributed by atoms with E-state index in [2.05, 4.69) is 20.7 Å². The number of nitrogens with one attached hydrogen (secondary N) is 1. The van der Waals surface area contributed by atoms with Gasteiger partial charge in [0, 0.05) is 24.5 Å². The number of hydrogen-bond donors (Lipinski definition) is 1. The largest absolute Gasteiger partial charge is 0.279 e. The van der Waals surface area contributed by atoms with Gasteiger partial charge in [-0.05, 0) is 25.7 Å². The fourth-order valence-corrected chi connectivity index (χ4v) is 4.01. The Balaban J connectivity index is 2.54. The van der Waals surface area contributed by atoms with Crippen LogP contribution in [0, 0.1) is 0 Å². The molecule has 0 spiro atoms. The molecule has 96 valence electrons. The van der Waals surface area contributed by atoms with Crippen molar-refractivity contribution >= 4 is 26.1 Å². The van der Waals surface area contributed by atoms with Crippen molar-refractivity contribution in [2.24, 2.45) is 0 Å². The van der Waals surface area contributed by atoms with Gasteiger partial charge in [0.05, 0.1) is 0 Å². The van der Waals surface area contributed by atoms with Crippen LogP contribution in [0.1, 0.15) is 39.0 Å². The van der Waals surface area contributed by atoms with Crippen molar-refractivity contribution in [2.45, 2.75) is 45.1 Å². The predicted molar refractivity (Wildman–Crippen MR) is 70.0 cm³/mol. The SMILES string of the molecule is CCC(CCBr)NS(=O)(=O)N1CCCCC1. The maximum Gasteiger partial charge on any atom is 0.279 e. The molecule has 1 N–H and O–H groups in total. The maximum atomic E-state index is 12.0. The Kier molecular flexibility index (Phi) is 6.25. The van der Waals surface area contributed by atoms with Crippen molar-refractivity contribution in [1.82, 2.24) is 9.03 Å². The van der Waals surface area contributed by atoms with Crippen LogP contribution in [0.25, 0.3) is 0 Å². The Morgan fingerprint density at radius 3 is 2.44 bits per heavy atom. The minimum Gasteiger partial charge on any atom is -0.199 e. The summed E-state index contributed by atoms with van der Waals surface area (Å²) in [4.78, 5) is 0. The molecule has 16 heavy (non-hydrogen) atoms. The normalized spacial score (nSPS) is 20.9. The molecule has 1 unspecified atom stereocenters. The Labute approximate surface area is 107 Å². The van der Waals surface area contributed by atoms with Crippen LogP contribution in [0.3, 0.4) is 0 Å². The number of alkyl halides is 1. The Hall–Kier alpha value is 0.350. The highest BCUT2D eigenvalue weighted by atomic mass is 79.9. The van der Waals surface area contributed by atoms with Gasteiger partial charge >= 0.3 is 0 Å². The van der Waals surface area contributed by atoms with Gasteiger partial charge in [0.15, 0.2) is 0 Å². The second kappa shape index (κ2) is 6.93. The van der Waals surface area contributed by atoms with Gasteiger partial charge < -0.3 is 0 Å². The Morgan fingerprint density at radius 1 is 1.31 bits per heavy atom. The van der Waals surface area contributed by atoms with Gasteiger partial charge in [-0.15, -0.1) is 0 Å². The lowest BCUT2D eigenvalue weighted by Crippen LogP contribution is -2.47. The van der Waals surface area contributed by atoms with Gasteiger partial charge in [-0.1, -0.05) is 29.3 Å². The molecule has 0 amide bonds. The summed E-state index contributed by atoms with van der Waals surface area (Å²) in [6.45, 7) is 3.34. The van der Waals surface area contributed by atoms with E-state index in [-0.39, 0.29) is 6.04 Å². The Bertz CT molecular complexity index is 289. The van der Waals surface area contributed by atoms with Crippen LogP contribution < -0.4 is 4.72 Å². The fraction of sp³-hybridized carbons (Fsp3) is 1.00. The van der Waals surface area contributed by atoms with Gasteiger partial charge in [0.1, 0.15) is 0 Å². The lowest BCUT2D eigenvalue weighted by atomic mass is 10.2. The van der Waals surface area contributed by atoms with E-state index in [1.54, 1.807) is 4.31 Å². The van der Waals surface area contributed by atoms with Gasteiger partial charge in [-0.2, -0.15) is 17.4 Å². The molecular weight excluding hydrogens is 292 g/mol. The zero-order chi connectivity index (χ0) is 12.0. The lowest BCUT2D eigenvalue weighted by Gasteiger charge is -2.28.